The van der Waals surface area contributed by atoms with Crippen LogP contribution in [0.3, 0.4) is 0 Å². The smallest absolute Gasteiger partial charge is 0.237 e. The Morgan fingerprint density at radius 3 is 2.21 bits per heavy atom. The van der Waals surface area contributed by atoms with Crippen molar-refractivity contribution >= 4 is 23.3 Å². The average molecular weight is 530 g/mol. The van der Waals surface area contributed by atoms with Gasteiger partial charge in [-0.05, 0) is 82.1 Å². The maximum Gasteiger partial charge on any atom is 0.237 e. The van der Waals surface area contributed by atoms with Gasteiger partial charge >= 0.3 is 0 Å². The van der Waals surface area contributed by atoms with E-state index in [1.807, 2.05) is 73.6 Å². The van der Waals surface area contributed by atoms with Crippen LogP contribution in [0.1, 0.15) is 50.7 Å². The predicted molar refractivity (Wildman–Crippen MR) is 155 cm³/mol. The molecule has 1 aliphatic carbocycles. The summed E-state index contributed by atoms with van der Waals surface area (Å²) in [4.78, 5) is 23.4. The molecule has 0 bridgehead atoms. The van der Waals surface area contributed by atoms with Gasteiger partial charge in [0.05, 0.1) is 17.3 Å². The molecule has 1 aliphatic rings. The van der Waals surface area contributed by atoms with E-state index in [-0.39, 0.29) is 41.5 Å². The zero-order valence-electron chi connectivity index (χ0n) is 23.1. The highest BCUT2D eigenvalue weighted by molar-refractivity contribution is 6.16. The summed E-state index contributed by atoms with van der Waals surface area (Å²) in [6.07, 6.45) is 4.92. The first kappa shape index (κ1) is 28.0. The quantitative estimate of drug-likeness (QED) is 0.280. The highest BCUT2D eigenvalue weighted by Gasteiger charge is 2.29. The van der Waals surface area contributed by atoms with Crippen molar-refractivity contribution in [3.8, 4) is 11.5 Å². The Balaban J connectivity index is 1.39. The van der Waals surface area contributed by atoms with Gasteiger partial charge < -0.3 is 21.1 Å². The third kappa shape index (κ3) is 7.11. The summed E-state index contributed by atoms with van der Waals surface area (Å²) in [6.45, 7) is 4.14. The number of hydrogen-bond donors (Lipinski definition) is 4. The summed E-state index contributed by atoms with van der Waals surface area (Å²) in [7, 11) is 3.89. The van der Waals surface area contributed by atoms with Crippen molar-refractivity contribution in [2.75, 3.05) is 25.1 Å². The summed E-state index contributed by atoms with van der Waals surface area (Å²) in [6, 6.07) is 17.1. The number of nitrogens with one attached hydrogen (secondary N) is 3. The zero-order chi connectivity index (χ0) is 27.9. The first-order valence-electron chi connectivity index (χ1n) is 13.5. The highest BCUT2D eigenvalue weighted by atomic mass is 16.5. The molecule has 1 fully saturated rings. The van der Waals surface area contributed by atoms with Crippen LogP contribution in [0.5, 0.6) is 11.5 Å². The molecule has 2 aromatic carbocycles. The van der Waals surface area contributed by atoms with E-state index in [1.54, 1.807) is 0 Å². The minimum absolute atomic E-state index is 0.0888. The molecule has 9 heteroatoms. The third-order valence-corrected chi connectivity index (χ3v) is 7.12. The van der Waals surface area contributed by atoms with E-state index in [9.17, 15) is 4.79 Å². The number of rotatable bonds is 10. The van der Waals surface area contributed by atoms with Crippen LogP contribution in [0.25, 0.3) is 0 Å². The zero-order valence-corrected chi connectivity index (χ0v) is 23.1. The SMILES string of the molecule is CC(C)[C@H](C(=O)NC1CCC(Nc2ncnc(N)c2C(=N)c2ccc(Oc3ccccc3)cc2)CC1)N(C)C. The third-order valence-electron chi connectivity index (χ3n) is 7.12. The Morgan fingerprint density at radius 2 is 1.59 bits per heavy atom. The molecule has 9 nitrogen and oxygen atoms in total. The summed E-state index contributed by atoms with van der Waals surface area (Å²) in [5.41, 5.74) is 7.65. The van der Waals surface area contributed by atoms with Crippen molar-refractivity contribution in [2.24, 2.45) is 5.92 Å². The molecule has 1 aromatic heterocycles. The number of carbonyl (C=O) groups is 1. The number of nitrogen functional groups attached to an aromatic ring is 1. The van der Waals surface area contributed by atoms with Gasteiger partial charge in [-0.25, -0.2) is 9.97 Å². The van der Waals surface area contributed by atoms with Crippen molar-refractivity contribution < 1.29 is 9.53 Å². The van der Waals surface area contributed by atoms with Crippen molar-refractivity contribution in [1.82, 2.24) is 20.2 Å². The molecule has 0 radical (unpaired) electrons. The Morgan fingerprint density at radius 1 is 0.974 bits per heavy atom. The van der Waals surface area contributed by atoms with Crippen molar-refractivity contribution in [3.63, 3.8) is 0 Å². The predicted octanol–water partition coefficient (Wildman–Crippen LogP) is 4.69. The number of aromatic nitrogens is 2. The Bertz CT molecular complexity index is 1250. The number of benzene rings is 2. The monoisotopic (exact) mass is 529 g/mol. The summed E-state index contributed by atoms with van der Waals surface area (Å²) < 4.78 is 5.87. The van der Waals surface area contributed by atoms with E-state index in [0.717, 1.165) is 31.4 Å². The second-order valence-corrected chi connectivity index (χ2v) is 10.7. The van der Waals surface area contributed by atoms with Gasteiger partial charge in [0.1, 0.15) is 29.5 Å². The van der Waals surface area contributed by atoms with Gasteiger partial charge in [0.2, 0.25) is 5.91 Å². The van der Waals surface area contributed by atoms with Gasteiger partial charge in [0, 0.05) is 17.6 Å². The maximum absolute atomic E-state index is 12.8. The van der Waals surface area contributed by atoms with Crippen molar-refractivity contribution in [2.45, 2.75) is 57.7 Å². The standard InChI is InChI=1S/C30H39N7O2/c1-19(2)27(37(3)4)30(38)36-22-14-12-21(13-15-22)35-29-25(28(32)33-18-34-29)26(31)20-10-16-24(17-11-20)39-23-8-6-5-7-9-23/h5-11,16-19,21-22,27,31H,12-15H2,1-4H3,(H,36,38)(H3,32,33,34,35)/t21?,22?,27-/m1/s1. The fraction of sp³-hybridized carbons (Fsp3) is 0.400. The molecule has 0 spiro atoms. The van der Waals surface area contributed by atoms with E-state index >= 15 is 0 Å². The number of ether oxygens (including phenoxy) is 1. The molecule has 1 amide bonds. The largest absolute Gasteiger partial charge is 0.457 e. The molecule has 39 heavy (non-hydrogen) atoms. The molecular formula is C30H39N7O2. The normalized spacial score (nSPS) is 18.0. The van der Waals surface area contributed by atoms with Gasteiger partial charge in [0.25, 0.3) is 0 Å². The first-order valence-corrected chi connectivity index (χ1v) is 13.5. The molecule has 206 valence electrons. The minimum atomic E-state index is -0.141. The molecule has 0 unspecified atom stereocenters. The number of carbonyl (C=O) groups excluding carboxylic acids is 1. The molecule has 5 N–H and O–H groups in total. The molecule has 1 heterocycles. The molecule has 1 atom stereocenters. The minimum Gasteiger partial charge on any atom is -0.457 e. The molecule has 0 saturated heterocycles. The van der Waals surface area contributed by atoms with Gasteiger partial charge in [-0.15, -0.1) is 0 Å². The number of likely N-dealkylation sites (N-methyl/N-ethyl adjacent to an activating group) is 1. The summed E-state index contributed by atoms with van der Waals surface area (Å²) in [5, 5.41) is 15.6. The van der Waals surface area contributed by atoms with Gasteiger partial charge in [-0.3, -0.25) is 15.1 Å². The van der Waals surface area contributed by atoms with Gasteiger partial charge in [0.15, 0.2) is 0 Å². The van der Waals surface area contributed by atoms with Gasteiger partial charge in [-0.2, -0.15) is 0 Å². The van der Waals surface area contributed by atoms with Crippen LogP contribution in [0.2, 0.25) is 0 Å². The van der Waals surface area contributed by atoms with Crippen LogP contribution in [0.4, 0.5) is 11.6 Å². The fourth-order valence-electron chi connectivity index (χ4n) is 5.21. The highest BCUT2D eigenvalue weighted by Crippen LogP contribution is 2.28. The van der Waals surface area contributed by atoms with E-state index in [1.165, 1.54) is 6.33 Å². The Hall–Kier alpha value is -3.98. The summed E-state index contributed by atoms with van der Waals surface area (Å²) >= 11 is 0. The Labute approximate surface area is 230 Å². The van der Waals surface area contributed by atoms with Crippen molar-refractivity contribution in [3.05, 3.63) is 72.1 Å². The lowest BCUT2D eigenvalue weighted by atomic mass is 9.90. The lowest BCUT2D eigenvalue weighted by molar-refractivity contribution is -0.127. The van der Waals surface area contributed by atoms with Crippen LogP contribution < -0.4 is 21.1 Å². The number of hydrogen-bond acceptors (Lipinski definition) is 8. The second kappa shape index (κ2) is 12.7. The number of nitrogens with zero attached hydrogens (tertiary/aromatic N) is 3. The molecule has 4 rings (SSSR count). The lowest BCUT2D eigenvalue weighted by Gasteiger charge is -2.33. The van der Waals surface area contributed by atoms with Crippen LogP contribution in [0, 0.1) is 11.3 Å². The molecule has 3 aromatic rings. The first-order chi connectivity index (χ1) is 18.7. The average Bonchev–Trinajstić information content (AvgIpc) is 2.90. The summed E-state index contributed by atoms with van der Waals surface area (Å²) in [5.74, 6) is 2.57. The lowest BCUT2D eigenvalue weighted by Crippen LogP contribution is -2.50. The molecular weight excluding hydrogens is 490 g/mol. The van der Waals surface area contributed by atoms with E-state index in [2.05, 4.69) is 34.4 Å². The van der Waals surface area contributed by atoms with E-state index in [4.69, 9.17) is 15.9 Å². The number of nitrogens with two attached hydrogens (primary N) is 1. The van der Waals surface area contributed by atoms with Crippen LogP contribution in [-0.2, 0) is 4.79 Å². The number of amides is 1. The molecule has 0 aliphatic heterocycles. The Kier molecular flexibility index (Phi) is 9.14. The van der Waals surface area contributed by atoms with E-state index in [0.29, 0.717) is 22.7 Å². The topological polar surface area (TPSA) is 129 Å². The van der Waals surface area contributed by atoms with Crippen molar-refractivity contribution in [1.29, 1.82) is 5.41 Å². The molecule has 1 saturated carbocycles. The fourth-order valence-corrected chi connectivity index (χ4v) is 5.21. The van der Waals surface area contributed by atoms with Crippen LogP contribution in [-0.4, -0.2) is 58.7 Å². The van der Waals surface area contributed by atoms with Crippen LogP contribution >= 0.6 is 0 Å². The second-order valence-electron chi connectivity index (χ2n) is 10.7. The van der Waals surface area contributed by atoms with E-state index < -0.39 is 0 Å². The number of anilines is 2. The van der Waals surface area contributed by atoms with Gasteiger partial charge in [-0.1, -0.05) is 32.0 Å². The number of para-hydroxylation sites is 1. The van der Waals surface area contributed by atoms with Crippen LogP contribution in [0.15, 0.2) is 60.9 Å². The maximum atomic E-state index is 12.8.